The number of methoxy groups -OCH3 is 1. The lowest BCUT2D eigenvalue weighted by molar-refractivity contribution is 0.329. The molecule has 2 fully saturated rings. The van der Waals surface area contributed by atoms with Crippen molar-refractivity contribution in [2.45, 2.75) is 31.6 Å². The fourth-order valence-electron chi connectivity index (χ4n) is 5.43. The van der Waals surface area contributed by atoms with Gasteiger partial charge in [0.05, 0.1) is 7.11 Å². The van der Waals surface area contributed by atoms with Gasteiger partial charge < -0.3 is 24.8 Å². The van der Waals surface area contributed by atoms with Crippen LogP contribution < -0.4 is 20.3 Å². The number of para-hydroxylation sites is 1. The number of ether oxygens (including phenoxy) is 1. The zero-order valence-electron chi connectivity index (χ0n) is 21.2. The maximum Gasteiger partial charge on any atom is 0.230 e. The van der Waals surface area contributed by atoms with Gasteiger partial charge in [0.15, 0.2) is 0 Å². The van der Waals surface area contributed by atoms with E-state index >= 15 is 0 Å². The molecule has 37 heavy (non-hydrogen) atoms. The Morgan fingerprint density at radius 3 is 2.41 bits per heavy atom. The SMILES string of the molecule is COc1cccc2ccc(N3CCC(c4nc(-c5ccc(N6CCC(CN)CC6)nc5)no4)CC3)nc12. The highest BCUT2D eigenvalue weighted by molar-refractivity contribution is 5.86. The second kappa shape index (κ2) is 10.3. The number of aromatic nitrogens is 4. The first-order valence-electron chi connectivity index (χ1n) is 13.2. The molecule has 1 aromatic carbocycles. The lowest BCUT2D eigenvalue weighted by atomic mass is 9.96. The van der Waals surface area contributed by atoms with Crippen LogP contribution in [-0.2, 0) is 0 Å². The molecule has 2 aliphatic heterocycles. The average Bonchev–Trinajstić information content (AvgIpc) is 3.47. The van der Waals surface area contributed by atoms with Crippen LogP contribution in [0, 0.1) is 5.92 Å². The van der Waals surface area contributed by atoms with Gasteiger partial charge in [-0.25, -0.2) is 9.97 Å². The minimum Gasteiger partial charge on any atom is -0.494 e. The molecule has 5 heterocycles. The van der Waals surface area contributed by atoms with Crippen LogP contribution in [0.15, 0.2) is 53.2 Å². The molecule has 192 valence electrons. The summed E-state index contributed by atoms with van der Waals surface area (Å²) in [5.74, 6) is 4.94. The average molecular weight is 500 g/mol. The number of rotatable bonds is 6. The van der Waals surface area contributed by atoms with Crippen LogP contribution in [0.4, 0.5) is 11.6 Å². The Labute approximate surface area is 216 Å². The first-order valence-corrected chi connectivity index (χ1v) is 13.2. The van der Waals surface area contributed by atoms with E-state index in [4.69, 9.17) is 25.0 Å². The molecule has 0 amide bonds. The van der Waals surface area contributed by atoms with E-state index < -0.39 is 0 Å². The summed E-state index contributed by atoms with van der Waals surface area (Å²) in [6, 6.07) is 14.3. The zero-order valence-corrected chi connectivity index (χ0v) is 21.2. The second-order valence-corrected chi connectivity index (χ2v) is 9.99. The third-order valence-corrected chi connectivity index (χ3v) is 7.78. The van der Waals surface area contributed by atoms with E-state index in [-0.39, 0.29) is 5.92 Å². The van der Waals surface area contributed by atoms with Gasteiger partial charge in [-0.3, -0.25) is 0 Å². The number of nitrogens with two attached hydrogens (primary N) is 1. The Morgan fingerprint density at radius 2 is 1.68 bits per heavy atom. The van der Waals surface area contributed by atoms with Crippen LogP contribution in [0.5, 0.6) is 5.75 Å². The van der Waals surface area contributed by atoms with E-state index in [1.807, 2.05) is 24.4 Å². The van der Waals surface area contributed by atoms with Gasteiger partial charge in [-0.05, 0) is 68.5 Å². The largest absolute Gasteiger partial charge is 0.494 e. The van der Waals surface area contributed by atoms with Crippen molar-refractivity contribution in [2.24, 2.45) is 11.7 Å². The van der Waals surface area contributed by atoms with E-state index in [0.717, 1.165) is 92.3 Å². The van der Waals surface area contributed by atoms with Gasteiger partial charge in [0.1, 0.15) is 22.9 Å². The zero-order chi connectivity index (χ0) is 25.2. The summed E-state index contributed by atoms with van der Waals surface area (Å²) in [6.07, 6.45) is 5.96. The maximum atomic E-state index is 5.82. The van der Waals surface area contributed by atoms with Gasteiger partial charge in [-0.2, -0.15) is 4.98 Å². The molecule has 2 saturated heterocycles. The van der Waals surface area contributed by atoms with Crippen molar-refractivity contribution in [1.29, 1.82) is 0 Å². The molecule has 0 spiro atoms. The molecule has 0 unspecified atom stereocenters. The quantitative estimate of drug-likeness (QED) is 0.417. The van der Waals surface area contributed by atoms with E-state index in [2.05, 4.69) is 44.2 Å². The van der Waals surface area contributed by atoms with Crippen LogP contribution in [0.3, 0.4) is 0 Å². The Morgan fingerprint density at radius 1 is 0.919 bits per heavy atom. The molecule has 9 nitrogen and oxygen atoms in total. The van der Waals surface area contributed by atoms with Gasteiger partial charge in [0.25, 0.3) is 0 Å². The molecule has 2 aliphatic rings. The predicted octanol–water partition coefficient (Wildman–Crippen LogP) is 4.25. The Bertz CT molecular complexity index is 1340. The van der Waals surface area contributed by atoms with Crippen molar-refractivity contribution in [3.05, 3.63) is 54.6 Å². The van der Waals surface area contributed by atoms with Crippen LogP contribution >= 0.6 is 0 Å². The summed E-state index contributed by atoms with van der Waals surface area (Å²) in [6.45, 7) is 4.54. The lowest BCUT2D eigenvalue weighted by Gasteiger charge is -2.32. The van der Waals surface area contributed by atoms with Crippen LogP contribution in [0.2, 0.25) is 0 Å². The molecular formula is C28H33N7O2. The normalized spacial score (nSPS) is 17.5. The van der Waals surface area contributed by atoms with E-state index in [0.29, 0.717) is 17.6 Å². The monoisotopic (exact) mass is 499 g/mol. The molecule has 6 rings (SSSR count). The summed E-state index contributed by atoms with van der Waals surface area (Å²) in [7, 11) is 1.68. The number of nitrogens with zero attached hydrogens (tertiary/aromatic N) is 6. The molecule has 9 heteroatoms. The molecule has 4 aromatic rings. The van der Waals surface area contributed by atoms with Crippen molar-refractivity contribution in [2.75, 3.05) is 49.6 Å². The molecule has 0 radical (unpaired) electrons. The van der Waals surface area contributed by atoms with Gasteiger partial charge in [0, 0.05) is 49.2 Å². The molecule has 0 saturated carbocycles. The molecule has 2 N–H and O–H groups in total. The second-order valence-electron chi connectivity index (χ2n) is 9.99. The molecule has 0 bridgehead atoms. The third kappa shape index (κ3) is 4.83. The molecule has 3 aromatic heterocycles. The van der Waals surface area contributed by atoms with Crippen LogP contribution in [0.25, 0.3) is 22.3 Å². The summed E-state index contributed by atoms with van der Waals surface area (Å²) in [5, 5.41) is 5.34. The number of hydrogen-bond donors (Lipinski definition) is 1. The standard InChI is InChI=1S/C28H33N7O2/c1-36-23-4-2-3-20-5-8-25(31-26(20)23)35-15-11-21(12-16-35)28-32-27(33-37-28)22-6-7-24(30-18-22)34-13-9-19(17-29)10-14-34/h2-8,18-19,21H,9-17,29H2,1H3. The van der Waals surface area contributed by atoms with Crippen molar-refractivity contribution in [3.8, 4) is 17.1 Å². The number of fused-ring (bicyclic) bond motifs is 1. The highest BCUT2D eigenvalue weighted by atomic mass is 16.5. The minimum atomic E-state index is 0.239. The minimum absolute atomic E-state index is 0.239. The number of piperidine rings is 2. The van der Waals surface area contributed by atoms with E-state index in [9.17, 15) is 0 Å². The highest BCUT2D eigenvalue weighted by Gasteiger charge is 2.27. The molecular weight excluding hydrogens is 466 g/mol. The Kier molecular flexibility index (Phi) is 6.61. The van der Waals surface area contributed by atoms with Gasteiger partial charge in [-0.1, -0.05) is 17.3 Å². The van der Waals surface area contributed by atoms with Gasteiger partial charge in [-0.15, -0.1) is 0 Å². The van der Waals surface area contributed by atoms with Crippen LogP contribution in [-0.4, -0.2) is 59.9 Å². The van der Waals surface area contributed by atoms with Crippen molar-refractivity contribution in [3.63, 3.8) is 0 Å². The summed E-state index contributed by atoms with van der Waals surface area (Å²) < 4.78 is 11.2. The smallest absolute Gasteiger partial charge is 0.230 e. The Balaban J connectivity index is 1.09. The summed E-state index contributed by atoms with van der Waals surface area (Å²) >= 11 is 0. The Hall–Kier alpha value is -3.72. The van der Waals surface area contributed by atoms with Crippen molar-refractivity contribution >= 4 is 22.5 Å². The summed E-state index contributed by atoms with van der Waals surface area (Å²) in [5.41, 5.74) is 7.59. The number of anilines is 2. The molecule has 0 atom stereocenters. The molecule has 0 aliphatic carbocycles. The van der Waals surface area contributed by atoms with E-state index in [1.54, 1.807) is 7.11 Å². The topological polar surface area (TPSA) is 106 Å². The van der Waals surface area contributed by atoms with E-state index in [1.165, 1.54) is 0 Å². The third-order valence-electron chi connectivity index (χ3n) is 7.78. The fourth-order valence-corrected chi connectivity index (χ4v) is 5.43. The summed E-state index contributed by atoms with van der Waals surface area (Å²) in [4.78, 5) is 18.9. The van der Waals surface area contributed by atoms with Crippen LogP contribution in [0.1, 0.15) is 37.5 Å². The first-order chi connectivity index (χ1) is 18.2. The lowest BCUT2D eigenvalue weighted by Crippen LogP contribution is -2.36. The van der Waals surface area contributed by atoms with Gasteiger partial charge >= 0.3 is 0 Å². The van der Waals surface area contributed by atoms with Crippen molar-refractivity contribution in [1.82, 2.24) is 20.1 Å². The maximum absolute atomic E-state index is 5.82. The number of pyridine rings is 2. The highest BCUT2D eigenvalue weighted by Crippen LogP contribution is 2.32. The fraction of sp³-hybridized carbons (Fsp3) is 0.429. The van der Waals surface area contributed by atoms with Gasteiger partial charge in [0.2, 0.25) is 11.7 Å². The number of benzene rings is 1. The van der Waals surface area contributed by atoms with Crippen molar-refractivity contribution < 1.29 is 9.26 Å². The predicted molar refractivity (Wildman–Crippen MR) is 144 cm³/mol. The first kappa shape index (κ1) is 23.7. The number of hydrogen-bond acceptors (Lipinski definition) is 9.